The maximum absolute atomic E-state index is 12.4. The molecule has 0 saturated carbocycles. The summed E-state index contributed by atoms with van der Waals surface area (Å²) in [5.41, 5.74) is 3.62. The highest BCUT2D eigenvalue weighted by Crippen LogP contribution is 2.34. The summed E-state index contributed by atoms with van der Waals surface area (Å²) in [6.45, 7) is 5.20. The fourth-order valence-corrected chi connectivity index (χ4v) is 2.63. The zero-order valence-corrected chi connectivity index (χ0v) is 16.4. The molecule has 7 nitrogen and oxygen atoms in total. The van der Waals surface area contributed by atoms with Crippen molar-refractivity contribution in [2.45, 2.75) is 13.8 Å². The van der Waals surface area contributed by atoms with Crippen LogP contribution in [0.1, 0.15) is 29.8 Å². The summed E-state index contributed by atoms with van der Waals surface area (Å²) in [4.78, 5) is 12.4. The molecule has 1 amide bonds. The quantitative estimate of drug-likeness (QED) is 0.632. The number of hydrogen-bond acceptors (Lipinski definition) is 6. The van der Waals surface area contributed by atoms with Gasteiger partial charge in [-0.25, -0.2) is 5.43 Å². The monoisotopic (exact) mass is 384 g/mol. The van der Waals surface area contributed by atoms with Crippen LogP contribution >= 0.6 is 0 Å². The summed E-state index contributed by atoms with van der Waals surface area (Å²) in [6, 6.07) is 10.4. The summed E-state index contributed by atoms with van der Waals surface area (Å²) in [6.07, 6.45) is 1.53. The van der Waals surface area contributed by atoms with Gasteiger partial charge in [0.15, 0.2) is 23.0 Å². The topological polar surface area (TPSA) is 78.4 Å². The predicted octanol–water partition coefficient (Wildman–Crippen LogP) is 3.27. The van der Waals surface area contributed by atoms with E-state index < -0.39 is 0 Å². The van der Waals surface area contributed by atoms with Gasteiger partial charge in [-0.15, -0.1) is 0 Å². The van der Waals surface area contributed by atoms with E-state index in [1.165, 1.54) is 6.21 Å². The van der Waals surface area contributed by atoms with Crippen molar-refractivity contribution in [3.05, 3.63) is 47.5 Å². The maximum atomic E-state index is 12.4. The number of rotatable bonds is 5. The number of carbonyl (C=O) groups excluding carboxylic acids is 1. The number of carbonyl (C=O) groups is 1. The lowest BCUT2D eigenvalue weighted by Crippen LogP contribution is -2.26. The minimum atomic E-state index is -0.341. The Hall–Kier alpha value is -3.22. The van der Waals surface area contributed by atoms with Crippen LogP contribution in [0.3, 0.4) is 0 Å². The Morgan fingerprint density at radius 1 is 1.04 bits per heavy atom. The van der Waals surface area contributed by atoms with Gasteiger partial charge in [0.25, 0.3) is 5.91 Å². The molecule has 148 valence electrons. The Kier molecular flexibility index (Phi) is 5.73. The van der Waals surface area contributed by atoms with Crippen LogP contribution in [0.2, 0.25) is 0 Å². The molecule has 0 spiro atoms. The van der Waals surface area contributed by atoms with Crippen molar-refractivity contribution in [2.75, 3.05) is 27.4 Å². The first-order valence-corrected chi connectivity index (χ1v) is 8.87. The molecule has 3 rings (SSSR count). The fraction of sp³-hybridized carbons (Fsp3) is 0.333. The molecular weight excluding hydrogens is 360 g/mol. The van der Waals surface area contributed by atoms with Crippen molar-refractivity contribution in [1.29, 1.82) is 0 Å². The Balaban J connectivity index is 1.67. The highest BCUT2D eigenvalue weighted by molar-refractivity contribution is 5.95. The summed E-state index contributed by atoms with van der Waals surface area (Å²) >= 11 is 0. The second-order valence-corrected chi connectivity index (χ2v) is 7.22. The van der Waals surface area contributed by atoms with Gasteiger partial charge < -0.3 is 18.9 Å². The molecule has 1 aliphatic rings. The van der Waals surface area contributed by atoms with E-state index in [9.17, 15) is 4.79 Å². The van der Waals surface area contributed by atoms with E-state index in [0.29, 0.717) is 41.8 Å². The van der Waals surface area contributed by atoms with Gasteiger partial charge in [0.1, 0.15) is 0 Å². The Morgan fingerprint density at radius 3 is 2.46 bits per heavy atom. The van der Waals surface area contributed by atoms with Gasteiger partial charge in [-0.2, -0.15) is 5.10 Å². The first-order valence-electron chi connectivity index (χ1n) is 8.87. The van der Waals surface area contributed by atoms with Gasteiger partial charge in [0.05, 0.1) is 33.6 Å². The molecule has 7 heteroatoms. The number of amides is 1. The summed E-state index contributed by atoms with van der Waals surface area (Å²) in [5.74, 6) is 2.06. The van der Waals surface area contributed by atoms with Gasteiger partial charge in [0.2, 0.25) is 0 Å². The van der Waals surface area contributed by atoms with Gasteiger partial charge >= 0.3 is 0 Å². The third-order valence-electron chi connectivity index (χ3n) is 4.23. The van der Waals surface area contributed by atoms with Crippen LogP contribution in [0.15, 0.2) is 41.5 Å². The number of nitrogens with zero attached hydrogens (tertiary/aromatic N) is 1. The largest absolute Gasteiger partial charge is 0.493 e. The molecule has 0 fully saturated rings. The molecule has 0 atom stereocenters. The van der Waals surface area contributed by atoms with E-state index in [-0.39, 0.29) is 11.3 Å². The molecule has 0 bridgehead atoms. The highest BCUT2D eigenvalue weighted by Gasteiger charge is 2.25. The lowest BCUT2D eigenvalue weighted by molar-refractivity contribution is 0.0954. The molecule has 0 saturated heterocycles. The van der Waals surface area contributed by atoms with Crippen LogP contribution in [0.4, 0.5) is 0 Å². The van der Waals surface area contributed by atoms with Crippen molar-refractivity contribution in [3.8, 4) is 23.0 Å². The predicted molar refractivity (Wildman–Crippen MR) is 106 cm³/mol. The second-order valence-electron chi connectivity index (χ2n) is 7.22. The number of methoxy groups -OCH3 is 2. The third-order valence-corrected chi connectivity index (χ3v) is 4.23. The molecule has 1 aliphatic heterocycles. The van der Waals surface area contributed by atoms with Crippen LogP contribution in [0, 0.1) is 5.41 Å². The second kappa shape index (κ2) is 8.21. The number of benzene rings is 2. The Labute approximate surface area is 164 Å². The summed E-state index contributed by atoms with van der Waals surface area (Å²) in [7, 11) is 3.13. The number of hydrogen-bond donors (Lipinski definition) is 1. The Bertz CT molecular complexity index is 892. The smallest absolute Gasteiger partial charge is 0.271 e. The van der Waals surface area contributed by atoms with E-state index in [1.54, 1.807) is 44.6 Å². The van der Waals surface area contributed by atoms with E-state index in [1.807, 2.05) is 6.07 Å². The molecule has 0 aliphatic carbocycles. The van der Waals surface area contributed by atoms with Gasteiger partial charge in [-0.1, -0.05) is 13.8 Å². The van der Waals surface area contributed by atoms with Crippen molar-refractivity contribution < 1.29 is 23.7 Å². The van der Waals surface area contributed by atoms with Gasteiger partial charge in [0, 0.05) is 11.0 Å². The molecule has 0 aromatic heterocycles. The van der Waals surface area contributed by atoms with Crippen LogP contribution in [0.5, 0.6) is 23.0 Å². The number of fused-ring (bicyclic) bond motifs is 1. The van der Waals surface area contributed by atoms with Crippen molar-refractivity contribution in [1.82, 2.24) is 5.43 Å². The molecule has 1 heterocycles. The normalized spacial score (nSPS) is 15.0. The average Bonchev–Trinajstić information content (AvgIpc) is 2.85. The molecule has 2 aromatic rings. The van der Waals surface area contributed by atoms with E-state index in [4.69, 9.17) is 18.9 Å². The number of ether oxygens (including phenoxy) is 4. The molecule has 1 N–H and O–H groups in total. The van der Waals surface area contributed by atoms with Gasteiger partial charge in [-0.3, -0.25) is 4.79 Å². The Morgan fingerprint density at radius 2 is 1.75 bits per heavy atom. The average molecular weight is 384 g/mol. The first-order chi connectivity index (χ1) is 13.4. The number of nitrogens with one attached hydrogen (secondary N) is 1. The number of hydrazone groups is 1. The van der Waals surface area contributed by atoms with Crippen molar-refractivity contribution >= 4 is 12.1 Å². The third kappa shape index (κ3) is 4.54. The highest BCUT2D eigenvalue weighted by atomic mass is 16.5. The minimum Gasteiger partial charge on any atom is -0.493 e. The van der Waals surface area contributed by atoms with E-state index in [2.05, 4.69) is 24.4 Å². The summed E-state index contributed by atoms with van der Waals surface area (Å²) < 4.78 is 22.0. The molecule has 0 radical (unpaired) electrons. The standard InChI is InChI=1S/C21H24N2O5/c1-21(2)12-27-17-8-6-15(10-19(17)28-13-21)20(24)23-22-11-14-5-7-16(25-3)18(9-14)26-4/h5-11H,12-13H2,1-4H3,(H,23,24)/b22-11-. The fourth-order valence-electron chi connectivity index (χ4n) is 2.63. The lowest BCUT2D eigenvalue weighted by Gasteiger charge is -2.19. The summed E-state index contributed by atoms with van der Waals surface area (Å²) in [5, 5.41) is 4.01. The SMILES string of the molecule is COc1ccc(/C=N\NC(=O)c2ccc3c(c2)OCC(C)(C)CO3)cc1OC. The molecule has 2 aromatic carbocycles. The van der Waals surface area contributed by atoms with Crippen LogP contribution in [-0.4, -0.2) is 39.6 Å². The van der Waals surface area contributed by atoms with Crippen molar-refractivity contribution in [2.24, 2.45) is 10.5 Å². The van der Waals surface area contributed by atoms with Crippen LogP contribution in [0.25, 0.3) is 0 Å². The zero-order chi connectivity index (χ0) is 20.1. The van der Waals surface area contributed by atoms with Crippen LogP contribution in [-0.2, 0) is 0 Å². The van der Waals surface area contributed by atoms with Gasteiger partial charge in [-0.05, 0) is 42.0 Å². The lowest BCUT2D eigenvalue weighted by atomic mass is 9.97. The first kappa shape index (κ1) is 19.5. The van der Waals surface area contributed by atoms with Crippen molar-refractivity contribution in [3.63, 3.8) is 0 Å². The van der Waals surface area contributed by atoms with E-state index >= 15 is 0 Å². The molecule has 28 heavy (non-hydrogen) atoms. The van der Waals surface area contributed by atoms with Crippen LogP contribution < -0.4 is 24.4 Å². The molecular formula is C21H24N2O5. The maximum Gasteiger partial charge on any atom is 0.271 e. The zero-order valence-electron chi connectivity index (χ0n) is 16.4. The van der Waals surface area contributed by atoms with E-state index in [0.717, 1.165) is 5.56 Å². The molecule has 0 unspecified atom stereocenters. The minimum absolute atomic E-state index is 0.0921.